The van der Waals surface area contributed by atoms with Gasteiger partial charge in [0.2, 0.25) is 0 Å². The standard InChI is InChI=1S/C24H44O7/c1-2-3-4-5-6-7-8-9-10-11-12-13-14-15-16-17-22(28)31-21(19-26)24(30)23(29)20(27)18-25/h9-10,19-21,23-25,27,29-30H,2-8,11-18H2,1H3/t20-,21-,23-,24-/m1/s1. The number of rotatable bonds is 21. The first-order valence-electron chi connectivity index (χ1n) is 11.9. The number of unbranched alkanes of at least 4 members (excludes halogenated alkanes) is 11. The molecule has 0 aliphatic heterocycles. The van der Waals surface area contributed by atoms with E-state index in [2.05, 4.69) is 19.1 Å². The summed E-state index contributed by atoms with van der Waals surface area (Å²) in [6.45, 7) is 1.45. The van der Waals surface area contributed by atoms with E-state index in [0.29, 0.717) is 6.42 Å². The van der Waals surface area contributed by atoms with Gasteiger partial charge in [-0.1, -0.05) is 70.4 Å². The van der Waals surface area contributed by atoms with Crippen molar-refractivity contribution in [1.29, 1.82) is 0 Å². The van der Waals surface area contributed by atoms with Gasteiger partial charge in [-0.2, -0.15) is 0 Å². The molecule has 0 unspecified atom stereocenters. The predicted octanol–water partition coefficient (Wildman–Crippen LogP) is 3.21. The van der Waals surface area contributed by atoms with Crippen LogP contribution in [0.1, 0.15) is 96.8 Å². The van der Waals surface area contributed by atoms with E-state index in [9.17, 15) is 24.9 Å². The van der Waals surface area contributed by atoms with E-state index in [1.165, 1.54) is 44.9 Å². The van der Waals surface area contributed by atoms with E-state index in [-0.39, 0.29) is 12.7 Å². The Labute approximate surface area is 187 Å². The number of aliphatic hydroxyl groups excluding tert-OH is 4. The molecule has 0 rings (SSSR count). The highest BCUT2D eigenvalue weighted by atomic mass is 16.6. The Balaban J connectivity index is 3.70. The second kappa shape index (κ2) is 20.6. The number of aliphatic hydroxyl groups is 4. The number of esters is 1. The quantitative estimate of drug-likeness (QED) is 0.0927. The Hall–Kier alpha value is -1.28. The van der Waals surface area contributed by atoms with Crippen molar-refractivity contribution in [2.75, 3.05) is 6.61 Å². The zero-order valence-electron chi connectivity index (χ0n) is 19.2. The minimum absolute atomic E-state index is 0.119. The molecule has 0 aliphatic carbocycles. The lowest BCUT2D eigenvalue weighted by Gasteiger charge is -2.25. The van der Waals surface area contributed by atoms with Gasteiger partial charge in [-0.05, 0) is 32.1 Å². The van der Waals surface area contributed by atoms with Crippen molar-refractivity contribution in [3.8, 4) is 0 Å². The first-order valence-corrected chi connectivity index (χ1v) is 11.9. The first-order chi connectivity index (χ1) is 15.0. The van der Waals surface area contributed by atoms with Crippen molar-refractivity contribution in [1.82, 2.24) is 0 Å². The van der Waals surface area contributed by atoms with E-state index in [1.807, 2.05) is 0 Å². The zero-order chi connectivity index (χ0) is 23.3. The summed E-state index contributed by atoms with van der Waals surface area (Å²) in [5.41, 5.74) is 0. The van der Waals surface area contributed by atoms with Gasteiger partial charge in [-0.25, -0.2) is 0 Å². The number of hydrogen-bond acceptors (Lipinski definition) is 7. The van der Waals surface area contributed by atoms with E-state index < -0.39 is 37.0 Å². The van der Waals surface area contributed by atoms with Crippen molar-refractivity contribution in [2.24, 2.45) is 0 Å². The van der Waals surface area contributed by atoms with E-state index in [1.54, 1.807) is 0 Å². The largest absolute Gasteiger partial charge is 0.452 e. The SMILES string of the molecule is CCCCCCCCC=CCCCCCCCC(=O)O[C@H](C=O)[C@@H](O)[C@H](O)[C@H](O)CO. The van der Waals surface area contributed by atoms with Gasteiger partial charge in [0.15, 0.2) is 12.4 Å². The molecule has 0 radical (unpaired) electrons. The van der Waals surface area contributed by atoms with Crippen LogP contribution in [-0.4, -0.2) is 63.7 Å². The van der Waals surface area contributed by atoms with Crippen LogP contribution >= 0.6 is 0 Å². The number of aldehydes is 1. The second-order valence-electron chi connectivity index (χ2n) is 8.16. The molecule has 4 atom stereocenters. The maximum Gasteiger partial charge on any atom is 0.306 e. The average Bonchev–Trinajstić information content (AvgIpc) is 2.78. The Morgan fingerprint density at radius 2 is 1.32 bits per heavy atom. The van der Waals surface area contributed by atoms with Gasteiger partial charge < -0.3 is 25.2 Å². The second-order valence-corrected chi connectivity index (χ2v) is 8.16. The normalized spacial score (nSPS) is 15.5. The highest BCUT2D eigenvalue weighted by Crippen LogP contribution is 2.12. The van der Waals surface area contributed by atoms with Crippen LogP contribution < -0.4 is 0 Å². The number of allylic oxidation sites excluding steroid dienone is 2. The van der Waals surface area contributed by atoms with E-state index >= 15 is 0 Å². The monoisotopic (exact) mass is 444 g/mol. The number of ether oxygens (including phenoxy) is 1. The van der Waals surface area contributed by atoms with Gasteiger partial charge >= 0.3 is 5.97 Å². The number of hydrogen-bond donors (Lipinski definition) is 4. The zero-order valence-corrected chi connectivity index (χ0v) is 19.2. The summed E-state index contributed by atoms with van der Waals surface area (Å²) in [4.78, 5) is 22.8. The maximum absolute atomic E-state index is 11.8. The summed E-state index contributed by atoms with van der Waals surface area (Å²) in [7, 11) is 0. The van der Waals surface area contributed by atoms with Crippen LogP contribution in [0, 0.1) is 0 Å². The van der Waals surface area contributed by atoms with Crippen molar-refractivity contribution >= 4 is 12.3 Å². The molecule has 7 nitrogen and oxygen atoms in total. The fraction of sp³-hybridized carbons (Fsp3) is 0.833. The van der Waals surface area contributed by atoms with Crippen molar-refractivity contribution in [3.05, 3.63) is 12.2 Å². The third-order valence-corrected chi connectivity index (χ3v) is 5.31. The molecule has 0 aromatic carbocycles. The molecule has 0 aromatic heterocycles. The van der Waals surface area contributed by atoms with Gasteiger partial charge in [-0.3, -0.25) is 9.59 Å². The lowest BCUT2D eigenvalue weighted by molar-refractivity contribution is -0.168. The fourth-order valence-electron chi connectivity index (χ4n) is 3.26. The lowest BCUT2D eigenvalue weighted by atomic mass is 10.0. The van der Waals surface area contributed by atoms with Crippen LogP contribution in [0.15, 0.2) is 12.2 Å². The van der Waals surface area contributed by atoms with Gasteiger partial charge in [0.1, 0.15) is 18.3 Å². The molecule has 182 valence electrons. The maximum atomic E-state index is 11.8. The van der Waals surface area contributed by atoms with Gasteiger partial charge in [-0.15, -0.1) is 0 Å². The number of carbonyl (C=O) groups excluding carboxylic acids is 2. The van der Waals surface area contributed by atoms with E-state index in [0.717, 1.165) is 32.1 Å². The lowest BCUT2D eigenvalue weighted by Crippen LogP contribution is -2.48. The predicted molar refractivity (Wildman–Crippen MR) is 121 cm³/mol. The van der Waals surface area contributed by atoms with Crippen LogP contribution in [0.25, 0.3) is 0 Å². The van der Waals surface area contributed by atoms with Crippen molar-refractivity contribution in [3.63, 3.8) is 0 Å². The highest BCUT2D eigenvalue weighted by molar-refractivity contribution is 5.72. The molecular weight excluding hydrogens is 400 g/mol. The fourth-order valence-corrected chi connectivity index (χ4v) is 3.26. The molecule has 0 fully saturated rings. The summed E-state index contributed by atoms with van der Waals surface area (Å²) >= 11 is 0. The molecule has 0 saturated carbocycles. The molecule has 4 N–H and O–H groups in total. The summed E-state index contributed by atoms with van der Waals surface area (Å²) in [6, 6.07) is 0. The topological polar surface area (TPSA) is 124 Å². The molecule has 0 aliphatic rings. The summed E-state index contributed by atoms with van der Waals surface area (Å²) in [6.07, 6.45) is 13.0. The molecular formula is C24H44O7. The van der Waals surface area contributed by atoms with Crippen LogP contribution in [0.5, 0.6) is 0 Å². The molecule has 0 spiro atoms. The molecule has 7 heteroatoms. The molecule has 0 saturated heterocycles. The van der Waals surface area contributed by atoms with Gasteiger partial charge in [0.25, 0.3) is 0 Å². The Morgan fingerprint density at radius 1 is 0.806 bits per heavy atom. The minimum atomic E-state index is -1.79. The van der Waals surface area contributed by atoms with Crippen LogP contribution in [0.2, 0.25) is 0 Å². The van der Waals surface area contributed by atoms with Crippen molar-refractivity contribution < 1.29 is 34.8 Å². The average molecular weight is 445 g/mol. The van der Waals surface area contributed by atoms with Crippen LogP contribution in [-0.2, 0) is 14.3 Å². The summed E-state index contributed by atoms with van der Waals surface area (Å²) in [5.74, 6) is -0.639. The van der Waals surface area contributed by atoms with Gasteiger partial charge in [0.05, 0.1) is 6.61 Å². The molecule has 0 heterocycles. The van der Waals surface area contributed by atoms with Crippen LogP contribution in [0.3, 0.4) is 0 Å². The van der Waals surface area contributed by atoms with Crippen molar-refractivity contribution in [2.45, 2.75) is 121 Å². The third kappa shape index (κ3) is 16.1. The first kappa shape index (κ1) is 29.7. The van der Waals surface area contributed by atoms with Gasteiger partial charge in [0, 0.05) is 6.42 Å². The molecule has 0 bridgehead atoms. The Kier molecular flexibility index (Phi) is 19.8. The molecule has 0 aromatic rings. The molecule has 0 amide bonds. The summed E-state index contributed by atoms with van der Waals surface area (Å²) in [5, 5.41) is 37.5. The third-order valence-electron chi connectivity index (χ3n) is 5.31. The number of carbonyl (C=O) groups is 2. The Morgan fingerprint density at radius 3 is 1.84 bits per heavy atom. The minimum Gasteiger partial charge on any atom is -0.452 e. The Bertz CT molecular complexity index is 467. The van der Waals surface area contributed by atoms with E-state index in [4.69, 9.17) is 9.84 Å². The molecule has 31 heavy (non-hydrogen) atoms. The smallest absolute Gasteiger partial charge is 0.306 e. The summed E-state index contributed by atoms with van der Waals surface area (Å²) < 4.78 is 4.88. The highest BCUT2D eigenvalue weighted by Gasteiger charge is 2.33. The van der Waals surface area contributed by atoms with Crippen LogP contribution in [0.4, 0.5) is 0 Å².